The van der Waals surface area contributed by atoms with Crippen molar-refractivity contribution < 1.29 is 14.3 Å². The second-order valence-electron chi connectivity index (χ2n) is 6.51. The van der Waals surface area contributed by atoms with Gasteiger partial charge in [-0.3, -0.25) is 4.65 Å². The summed E-state index contributed by atoms with van der Waals surface area (Å²) < 4.78 is 12.6. The Morgan fingerprint density at radius 3 is 2.83 bits per heavy atom. The standard InChI is InChI=1S/C17H17Br3ClN3O4S/c1-10(21)6-23-7-15(24(26,9-23)17-22-5-14(20)29-17)28-16(25)8-27-11-2-3-12(18)13(19)4-11/h2-5,10,15H,6-9H2,1H3. The van der Waals surface area contributed by atoms with Crippen LogP contribution in [-0.4, -0.2) is 53.8 Å². The highest BCUT2D eigenvalue weighted by molar-refractivity contribution is 9.13. The fourth-order valence-corrected chi connectivity index (χ4v) is 4.96. The van der Waals surface area contributed by atoms with Crippen LogP contribution < -0.4 is 9.38 Å². The minimum absolute atomic E-state index is 0.107. The maximum atomic E-state index is 13.6. The van der Waals surface area contributed by atoms with E-state index in [2.05, 4.69) is 52.8 Å². The summed E-state index contributed by atoms with van der Waals surface area (Å²) in [4.78, 5) is 18.5. The average Bonchev–Trinajstić information content (AvgIpc) is 3.20. The Kier molecular flexibility index (Phi) is 7.99. The number of esters is 1. The second-order valence-corrected chi connectivity index (χ2v) is 11.4. The number of aromatic nitrogens is 1. The van der Waals surface area contributed by atoms with E-state index in [9.17, 15) is 10.0 Å². The van der Waals surface area contributed by atoms with Crippen molar-refractivity contribution in [2.45, 2.75) is 18.5 Å². The van der Waals surface area contributed by atoms with E-state index in [1.807, 2.05) is 11.8 Å². The van der Waals surface area contributed by atoms with E-state index < -0.39 is 16.8 Å². The number of benzene rings is 1. The summed E-state index contributed by atoms with van der Waals surface area (Å²) in [5, 5.41) is 13.8. The quantitative estimate of drug-likeness (QED) is 0.183. The van der Waals surface area contributed by atoms with E-state index in [0.29, 0.717) is 17.4 Å². The summed E-state index contributed by atoms with van der Waals surface area (Å²) in [6.45, 7) is 2.43. The van der Waals surface area contributed by atoms with Gasteiger partial charge in [-0.25, -0.2) is 9.69 Å². The first-order chi connectivity index (χ1) is 13.7. The van der Waals surface area contributed by atoms with Gasteiger partial charge in [-0.2, -0.15) is 4.98 Å². The van der Waals surface area contributed by atoms with Gasteiger partial charge in [-0.1, -0.05) is 0 Å². The van der Waals surface area contributed by atoms with Crippen LogP contribution in [0.1, 0.15) is 6.92 Å². The van der Waals surface area contributed by atoms with Crippen LogP contribution in [0.2, 0.25) is 0 Å². The molecule has 3 rings (SSSR count). The summed E-state index contributed by atoms with van der Waals surface area (Å²) in [6, 6.07) is 5.26. The van der Waals surface area contributed by atoms with Gasteiger partial charge in [0.15, 0.2) is 6.61 Å². The molecule has 12 heteroatoms. The first kappa shape index (κ1) is 23.4. The minimum Gasteiger partial charge on any atom is -0.622 e. The Morgan fingerprint density at radius 2 is 2.21 bits per heavy atom. The maximum absolute atomic E-state index is 13.6. The second kappa shape index (κ2) is 9.90. The lowest BCUT2D eigenvalue weighted by Gasteiger charge is -2.38. The molecule has 158 valence electrons. The fourth-order valence-electron chi connectivity index (χ4n) is 2.91. The predicted molar refractivity (Wildman–Crippen MR) is 124 cm³/mol. The third-order valence-corrected chi connectivity index (χ3v) is 7.71. The molecule has 7 nitrogen and oxygen atoms in total. The zero-order valence-electron chi connectivity index (χ0n) is 15.2. The van der Waals surface area contributed by atoms with E-state index in [1.165, 1.54) is 11.3 Å². The van der Waals surface area contributed by atoms with Crippen molar-refractivity contribution in [3.8, 4) is 5.75 Å². The van der Waals surface area contributed by atoms with Crippen molar-refractivity contribution in [1.82, 2.24) is 14.5 Å². The topological polar surface area (TPSA) is 74.7 Å². The molecule has 1 aromatic heterocycles. The maximum Gasteiger partial charge on any atom is 0.348 e. The Labute approximate surface area is 202 Å². The molecule has 2 heterocycles. The van der Waals surface area contributed by atoms with Crippen LogP contribution in [-0.2, 0) is 9.53 Å². The number of carbonyl (C=O) groups is 1. The number of halogens is 4. The first-order valence-corrected chi connectivity index (χ1v) is 12.1. The highest BCUT2D eigenvalue weighted by Gasteiger charge is 2.46. The smallest absolute Gasteiger partial charge is 0.348 e. The highest BCUT2D eigenvalue weighted by atomic mass is 79.9. The van der Waals surface area contributed by atoms with Crippen LogP contribution in [0, 0.1) is 5.21 Å². The molecule has 29 heavy (non-hydrogen) atoms. The lowest BCUT2D eigenvalue weighted by molar-refractivity contribution is -0.155. The van der Waals surface area contributed by atoms with E-state index in [1.54, 1.807) is 24.4 Å². The molecule has 2 aromatic rings. The number of quaternary nitrogens is 1. The summed E-state index contributed by atoms with van der Waals surface area (Å²) in [5.74, 6) is -0.114. The van der Waals surface area contributed by atoms with Crippen molar-refractivity contribution in [3.63, 3.8) is 0 Å². The number of hydrogen-bond donors (Lipinski definition) is 0. The van der Waals surface area contributed by atoms with Crippen LogP contribution in [0.3, 0.4) is 0 Å². The van der Waals surface area contributed by atoms with Gasteiger partial charge in [0.05, 0.1) is 16.5 Å². The molecule has 1 fully saturated rings. The van der Waals surface area contributed by atoms with Crippen LogP contribution in [0.25, 0.3) is 0 Å². The number of rotatable bonds is 7. The van der Waals surface area contributed by atoms with Crippen molar-refractivity contribution in [3.05, 3.63) is 42.3 Å². The van der Waals surface area contributed by atoms with Crippen molar-refractivity contribution in [2.24, 2.45) is 0 Å². The number of thiazole rings is 1. The largest absolute Gasteiger partial charge is 0.622 e. The summed E-state index contributed by atoms with van der Waals surface area (Å²) >= 11 is 17.4. The fraction of sp³-hybridized carbons (Fsp3) is 0.412. The van der Waals surface area contributed by atoms with Gasteiger partial charge in [-0.05, 0) is 84.2 Å². The number of alkyl halides is 1. The predicted octanol–water partition coefficient (Wildman–Crippen LogP) is 5.08. The van der Waals surface area contributed by atoms with E-state index >= 15 is 0 Å². The molecule has 0 bridgehead atoms. The third-order valence-electron chi connectivity index (χ3n) is 4.10. The van der Waals surface area contributed by atoms with Crippen molar-refractivity contribution in [2.75, 3.05) is 26.4 Å². The van der Waals surface area contributed by atoms with Crippen LogP contribution in [0.15, 0.2) is 37.1 Å². The molecule has 0 saturated carbocycles. The van der Waals surface area contributed by atoms with Gasteiger partial charge in [0.25, 0.3) is 11.4 Å². The summed E-state index contributed by atoms with van der Waals surface area (Å²) in [7, 11) is 0. The van der Waals surface area contributed by atoms with Crippen LogP contribution in [0.4, 0.5) is 5.13 Å². The summed E-state index contributed by atoms with van der Waals surface area (Å²) in [5.41, 5.74) is 0. The van der Waals surface area contributed by atoms with Crippen molar-refractivity contribution >= 4 is 81.8 Å². The third kappa shape index (κ3) is 5.91. The Bertz CT molecular complexity index is 887. The van der Waals surface area contributed by atoms with Gasteiger partial charge in [0.2, 0.25) is 0 Å². The van der Waals surface area contributed by atoms with Gasteiger partial charge >= 0.3 is 5.97 Å². The van der Waals surface area contributed by atoms with Gasteiger partial charge in [0, 0.05) is 20.9 Å². The van der Waals surface area contributed by atoms with Gasteiger partial charge < -0.3 is 14.7 Å². The molecule has 0 radical (unpaired) electrons. The number of ether oxygens (including phenoxy) is 2. The molecular formula is C17H17Br3ClN3O4S. The Balaban J connectivity index is 1.68. The summed E-state index contributed by atoms with van der Waals surface area (Å²) in [6.07, 6.45) is 0.620. The van der Waals surface area contributed by atoms with Gasteiger partial charge in [0.1, 0.15) is 12.4 Å². The van der Waals surface area contributed by atoms with E-state index in [-0.39, 0.29) is 25.2 Å². The average molecular weight is 635 g/mol. The number of hydroxylamine groups is 2. The molecule has 1 aliphatic rings. The lowest BCUT2D eigenvalue weighted by atomic mass is 10.3. The van der Waals surface area contributed by atoms with E-state index in [0.717, 1.165) is 12.7 Å². The van der Waals surface area contributed by atoms with E-state index in [4.69, 9.17) is 21.1 Å². The number of carbonyl (C=O) groups excluding carboxylic acids is 1. The Hall–Kier alpha value is -0.270. The molecule has 1 aliphatic heterocycles. The first-order valence-electron chi connectivity index (χ1n) is 8.52. The molecule has 0 spiro atoms. The molecule has 0 aliphatic carbocycles. The monoisotopic (exact) mass is 631 g/mol. The number of hydrogen-bond acceptors (Lipinski definition) is 7. The molecule has 1 aromatic carbocycles. The molecule has 3 unspecified atom stereocenters. The Morgan fingerprint density at radius 1 is 1.45 bits per heavy atom. The molecular weight excluding hydrogens is 617 g/mol. The van der Waals surface area contributed by atoms with Gasteiger partial charge in [-0.15, -0.1) is 11.6 Å². The molecule has 1 saturated heterocycles. The molecule has 0 amide bonds. The zero-order chi connectivity index (χ0) is 21.2. The lowest BCUT2D eigenvalue weighted by Crippen LogP contribution is -2.51. The number of nitrogens with zero attached hydrogens (tertiary/aromatic N) is 3. The van der Waals surface area contributed by atoms with Crippen LogP contribution in [0.5, 0.6) is 5.75 Å². The molecule has 0 N–H and O–H groups in total. The minimum atomic E-state index is -0.948. The van der Waals surface area contributed by atoms with Crippen molar-refractivity contribution in [1.29, 1.82) is 0 Å². The SMILES string of the molecule is CC(Cl)CN1CC(OC(=O)COc2ccc(Br)c(Br)c2)[N+]([O-])(c2ncc(Br)s2)C1. The highest BCUT2D eigenvalue weighted by Crippen LogP contribution is 2.37. The van der Waals surface area contributed by atoms with Crippen LogP contribution >= 0.6 is 70.7 Å². The molecule has 3 atom stereocenters. The zero-order valence-corrected chi connectivity index (χ0v) is 21.5. The normalized spacial score (nSPS) is 23.2.